The predicted molar refractivity (Wildman–Crippen MR) is 116 cm³/mol. The van der Waals surface area contributed by atoms with Crippen LogP contribution in [0.5, 0.6) is 5.88 Å². The monoisotopic (exact) mass is 419 g/mol. The number of hydrogen-bond donors (Lipinski definition) is 2. The number of anilines is 3. The highest BCUT2D eigenvalue weighted by atomic mass is 16.5. The highest BCUT2D eigenvalue weighted by Gasteiger charge is 2.24. The van der Waals surface area contributed by atoms with Crippen LogP contribution in [0.1, 0.15) is 10.4 Å². The molecule has 2 amide bonds. The van der Waals surface area contributed by atoms with Gasteiger partial charge in [-0.3, -0.25) is 9.69 Å². The van der Waals surface area contributed by atoms with Gasteiger partial charge in [0.2, 0.25) is 5.88 Å². The molecule has 0 bridgehead atoms. The number of amides is 2. The van der Waals surface area contributed by atoms with Crippen LogP contribution in [0.3, 0.4) is 0 Å². The predicted octanol–water partition coefficient (Wildman–Crippen LogP) is 3.47. The fourth-order valence-corrected chi connectivity index (χ4v) is 3.22. The van der Waals surface area contributed by atoms with E-state index in [4.69, 9.17) is 4.74 Å². The Morgan fingerprint density at radius 2 is 1.81 bits per heavy atom. The topological polar surface area (TPSA) is 108 Å². The van der Waals surface area contributed by atoms with Gasteiger partial charge in [0.1, 0.15) is 18.1 Å². The summed E-state index contributed by atoms with van der Waals surface area (Å²) in [6.07, 6.45) is 2.24. The molecule has 3 aromatic rings. The van der Waals surface area contributed by atoms with Crippen LogP contribution in [0, 0.1) is 0 Å². The van der Waals surface area contributed by atoms with Crippen LogP contribution in [0.4, 0.5) is 22.0 Å². The number of carbonyl (C=O) groups excluding carboxylic acids is 1. The third kappa shape index (κ3) is 4.25. The van der Waals surface area contributed by atoms with Crippen LogP contribution >= 0.6 is 0 Å². The molecule has 2 aromatic heterocycles. The first-order valence-corrected chi connectivity index (χ1v) is 9.61. The number of ether oxygens (including phenoxy) is 1. The van der Waals surface area contributed by atoms with Crippen LogP contribution < -0.4 is 15.0 Å². The van der Waals surface area contributed by atoms with E-state index in [-0.39, 0.29) is 19.1 Å². The summed E-state index contributed by atoms with van der Waals surface area (Å²) in [6, 6.07) is 12.8. The van der Waals surface area contributed by atoms with Gasteiger partial charge in [0.05, 0.1) is 18.4 Å². The van der Waals surface area contributed by atoms with Gasteiger partial charge in [0.15, 0.2) is 0 Å². The molecular weight excluding hydrogens is 398 g/mol. The van der Waals surface area contributed by atoms with Crippen molar-refractivity contribution in [2.75, 3.05) is 37.5 Å². The number of rotatable bonds is 4. The quantitative estimate of drug-likeness (QED) is 0.667. The average Bonchev–Trinajstić information content (AvgIpc) is 2.78. The van der Waals surface area contributed by atoms with Crippen molar-refractivity contribution < 1.29 is 19.4 Å². The molecular formula is C22H21N5O4. The largest absolute Gasteiger partial charge is 0.474 e. The van der Waals surface area contributed by atoms with Crippen molar-refractivity contribution in [3.63, 3.8) is 0 Å². The lowest BCUT2D eigenvalue weighted by Crippen LogP contribution is -2.37. The van der Waals surface area contributed by atoms with Gasteiger partial charge in [-0.2, -0.15) is 0 Å². The summed E-state index contributed by atoms with van der Waals surface area (Å²) >= 11 is 0. The molecule has 2 N–H and O–H groups in total. The fraction of sp³-hybridized carbons (Fsp3) is 0.182. The summed E-state index contributed by atoms with van der Waals surface area (Å²) in [6.45, 7) is 0.520. The van der Waals surface area contributed by atoms with Crippen LogP contribution in [0.25, 0.3) is 11.1 Å². The van der Waals surface area contributed by atoms with Gasteiger partial charge in [-0.25, -0.2) is 14.8 Å². The second kappa shape index (κ2) is 8.31. The first-order chi connectivity index (χ1) is 14.9. The molecule has 1 aliphatic heterocycles. The number of fused-ring (bicyclic) bond motifs is 1. The Balaban J connectivity index is 1.50. The zero-order chi connectivity index (χ0) is 22.0. The van der Waals surface area contributed by atoms with Gasteiger partial charge in [0, 0.05) is 31.4 Å². The minimum Gasteiger partial charge on any atom is -0.474 e. The molecule has 4 rings (SSSR count). The molecule has 0 fully saturated rings. The van der Waals surface area contributed by atoms with Gasteiger partial charge >= 0.3 is 6.09 Å². The molecule has 0 saturated carbocycles. The van der Waals surface area contributed by atoms with Gasteiger partial charge in [0.25, 0.3) is 5.91 Å². The molecule has 1 aliphatic rings. The van der Waals surface area contributed by atoms with Crippen LogP contribution in [-0.4, -0.2) is 59.2 Å². The Kier molecular flexibility index (Phi) is 5.40. The minimum atomic E-state index is -1.05. The van der Waals surface area contributed by atoms with Crippen molar-refractivity contribution in [3.8, 4) is 17.0 Å². The van der Waals surface area contributed by atoms with Gasteiger partial charge in [-0.05, 0) is 35.9 Å². The Labute approximate surface area is 178 Å². The summed E-state index contributed by atoms with van der Waals surface area (Å²) in [5.41, 5.74) is 3.47. The van der Waals surface area contributed by atoms with Gasteiger partial charge in [-0.1, -0.05) is 12.1 Å². The molecule has 0 aliphatic carbocycles. The van der Waals surface area contributed by atoms with Crippen molar-refractivity contribution in [3.05, 3.63) is 60.4 Å². The lowest BCUT2D eigenvalue weighted by Gasteiger charge is -2.26. The molecule has 9 nitrogen and oxygen atoms in total. The van der Waals surface area contributed by atoms with E-state index in [0.717, 1.165) is 11.1 Å². The van der Waals surface area contributed by atoms with Crippen LogP contribution in [0.2, 0.25) is 0 Å². The Bertz CT molecular complexity index is 1110. The van der Waals surface area contributed by atoms with E-state index in [2.05, 4.69) is 15.3 Å². The third-order valence-electron chi connectivity index (χ3n) is 4.81. The van der Waals surface area contributed by atoms with Crippen molar-refractivity contribution in [1.29, 1.82) is 0 Å². The molecule has 3 heterocycles. The van der Waals surface area contributed by atoms with Crippen molar-refractivity contribution >= 4 is 29.2 Å². The molecule has 0 spiro atoms. The molecule has 0 radical (unpaired) electrons. The molecule has 1 aromatic carbocycles. The van der Waals surface area contributed by atoms with Crippen molar-refractivity contribution in [1.82, 2.24) is 14.9 Å². The molecule has 0 unspecified atom stereocenters. The van der Waals surface area contributed by atoms with E-state index in [9.17, 15) is 14.7 Å². The van der Waals surface area contributed by atoms with Crippen LogP contribution in [0.15, 0.2) is 54.9 Å². The standard InChI is InChI=1S/C22H21N5O4/c1-26(2)21(28)15-5-3-14(4-6-15)16-7-8-19(23-12-16)25-17-11-18-20(24-13-17)31-10-9-27(18)22(29)30/h3-8,11-13H,9-10H2,1-2H3,(H,23,25)(H,29,30). The zero-order valence-corrected chi connectivity index (χ0v) is 17.1. The Morgan fingerprint density at radius 3 is 2.45 bits per heavy atom. The zero-order valence-electron chi connectivity index (χ0n) is 17.1. The number of benzene rings is 1. The number of nitrogens with one attached hydrogen (secondary N) is 1. The molecule has 0 saturated heterocycles. The Hall–Kier alpha value is -4.14. The third-order valence-corrected chi connectivity index (χ3v) is 4.81. The molecule has 31 heavy (non-hydrogen) atoms. The summed E-state index contributed by atoms with van der Waals surface area (Å²) in [5.74, 6) is 0.831. The SMILES string of the molecule is CN(C)C(=O)c1ccc(-c2ccc(Nc3cnc4c(c3)N(C(=O)O)CCO4)nc2)cc1. The highest BCUT2D eigenvalue weighted by Crippen LogP contribution is 2.32. The maximum atomic E-state index is 12.0. The maximum Gasteiger partial charge on any atom is 0.412 e. The number of nitrogens with zero attached hydrogens (tertiary/aromatic N) is 4. The van der Waals surface area contributed by atoms with Crippen molar-refractivity contribution in [2.45, 2.75) is 0 Å². The van der Waals surface area contributed by atoms with E-state index in [1.807, 2.05) is 24.3 Å². The maximum absolute atomic E-state index is 12.0. The van der Waals surface area contributed by atoms with E-state index in [0.29, 0.717) is 28.6 Å². The molecule has 9 heteroatoms. The van der Waals surface area contributed by atoms with Gasteiger partial charge in [-0.15, -0.1) is 0 Å². The average molecular weight is 419 g/mol. The molecule has 158 valence electrons. The number of aromatic nitrogens is 2. The summed E-state index contributed by atoms with van der Waals surface area (Å²) in [5, 5.41) is 12.5. The lowest BCUT2D eigenvalue weighted by atomic mass is 10.1. The van der Waals surface area contributed by atoms with Crippen molar-refractivity contribution in [2.24, 2.45) is 0 Å². The smallest absolute Gasteiger partial charge is 0.412 e. The summed E-state index contributed by atoms with van der Waals surface area (Å²) < 4.78 is 5.43. The second-order valence-corrected chi connectivity index (χ2v) is 7.16. The van der Waals surface area contributed by atoms with E-state index >= 15 is 0 Å². The number of pyridine rings is 2. The summed E-state index contributed by atoms with van der Waals surface area (Å²) in [4.78, 5) is 34.8. The van der Waals surface area contributed by atoms with E-state index in [1.165, 1.54) is 9.80 Å². The lowest BCUT2D eigenvalue weighted by molar-refractivity contribution is 0.0827. The molecule has 0 atom stereocenters. The van der Waals surface area contributed by atoms with E-state index < -0.39 is 6.09 Å². The minimum absolute atomic E-state index is 0.0465. The Morgan fingerprint density at radius 1 is 1.06 bits per heavy atom. The highest BCUT2D eigenvalue weighted by molar-refractivity contribution is 5.94. The number of carbonyl (C=O) groups is 2. The first-order valence-electron chi connectivity index (χ1n) is 9.61. The second-order valence-electron chi connectivity index (χ2n) is 7.16. The number of carboxylic acid groups (broad SMARTS) is 1. The fourth-order valence-electron chi connectivity index (χ4n) is 3.22. The summed E-state index contributed by atoms with van der Waals surface area (Å²) in [7, 11) is 3.44. The van der Waals surface area contributed by atoms with Gasteiger partial charge < -0.3 is 20.1 Å². The first kappa shape index (κ1) is 20.1. The van der Waals surface area contributed by atoms with Crippen LogP contribution in [-0.2, 0) is 0 Å². The van der Waals surface area contributed by atoms with E-state index in [1.54, 1.807) is 44.7 Å². The number of hydrogen-bond acceptors (Lipinski definition) is 6. The normalized spacial score (nSPS) is 12.5.